The molecule has 0 radical (unpaired) electrons. The Morgan fingerprint density at radius 2 is 1.79 bits per heavy atom. The molecule has 0 spiro atoms. The highest BCUT2D eigenvalue weighted by Crippen LogP contribution is 2.33. The molecule has 5 rings (SSSR count). The zero-order valence-electron chi connectivity index (χ0n) is 22.2. The van der Waals surface area contributed by atoms with Gasteiger partial charge in [-0.1, -0.05) is 43.6 Å². The molecule has 1 aliphatic rings. The highest BCUT2D eigenvalue weighted by Gasteiger charge is 2.18. The van der Waals surface area contributed by atoms with Crippen LogP contribution in [0, 0.1) is 0 Å². The highest BCUT2D eigenvalue weighted by molar-refractivity contribution is 6.35. The summed E-state index contributed by atoms with van der Waals surface area (Å²) in [5, 5.41) is 1.38. The topological polar surface area (TPSA) is 72.6 Å². The van der Waals surface area contributed by atoms with E-state index in [-0.39, 0.29) is 11.7 Å². The summed E-state index contributed by atoms with van der Waals surface area (Å²) in [6.45, 7) is 6.57. The fraction of sp³-hybridized carbons (Fsp3) is 0.281. The van der Waals surface area contributed by atoms with E-state index in [1.807, 2.05) is 59.5 Å². The maximum absolute atomic E-state index is 12.7. The average Bonchev–Trinajstić information content (AvgIpc) is 3.39. The molecule has 39 heavy (non-hydrogen) atoms. The Morgan fingerprint density at radius 1 is 1.03 bits per heavy atom. The third kappa shape index (κ3) is 6.47. The van der Waals surface area contributed by atoms with Crippen LogP contribution in [0.25, 0.3) is 28.2 Å². The van der Waals surface area contributed by atoms with Crippen LogP contribution in [-0.4, -0.2) is 47.9 Å². The van der Waals surface area contributed by atoms with Gasteiger partial charge >= 0.3 is 0 Å². The largest absolute Gasteiger partial charge is 0.459 e. The standard InChI is InChI=1S/C32H31ClN2O4/c1-21(2)30-12-4-22(20-34-30)3-9-27(36)10-11-28-18-26-17-25(19-29(33)31(26)39-28)23-5-7-24(8-6-23)32(37)35-13-15-38-16-14-35/h3-9,12,17-21H,10-11,13-16H2,1-2H3/b9-3+. The molecule has 1 fully saturated rings. The Labute approximate surface area is 233 Å². The number of ketones is 1. The number of halogens is 1. The van der Waals surface area contributed by atoms with E-state index in [1.165, 1.54) is 0 Å². The summed E-state index contributed by atoms with van der Waals surface area (Å²) in [5.41, 5.74) is 5.07. The van der Waals surface area contributed by atoms with E-state index in [0.29, 0.717) is 67.0 Å². The van der Waals surface area contributed by atoms with Gasteiger partial charge in [-0.3, -0.25) is 14.6 Å². The van der Waals surface area contributed by atoms with E-state index in [2.05, 4.69) is 18.8 Å². The van der Waals surface area contributed by atoms with Crippen LogP contribution in [0.2, 0.25) is 5.02 Å². The number of aryl methyl sites for hydroxylation is 1. The molecule has 0 bridgehead atoms. The molecular weight excluding hydrogens is 512 g/mol. The van der Waals surface area contributed by atoms with Gasteiger partial charge in [-0.25, -0.2) is 0 Å². The van der Waals surface area contributed by atoms with Crippen molar-refractivity contribution in [3.05, 3.63) is 94.5 Å². The van der Waals surface area contributed by atoms with Crippen LogP contribution in [0.15, 0.2) is 71.3 Å². The van der Waals surface area contributed by atoms with E-state index in [9.17, 15) is 9.59 Å². The molecule has 2 aromatic carbocycles. The first-order valence-electron chi connectivity index (χ1n) is 13.2. The number of ether oxygens (including phenoxy) is 1. The Kier molecular flexibility index (Phi) is 8.24. The summed E-state index contributed by atoms with van der Waals surface area (Å²) in [6.07, 6.45) is 5.98. The second kappa shape index (κ2) is 12.0. The number of furan rings is 1. The van der Waals surface area contributed by atoms with Gasteiger partial charge in [0.2, 0.25) is 0 Å². The van der Waals surface area contributed by atoms with Crippen LogP contribution >= 0.6 is 11.6 Å². The zero-order chi connectivity index (χ0) is 27.4. The lowest BCUT2D eigenvalue weighted by Crippen LogP contribution is -2.40. The van der Waals surface area contributed by atoms with Crippen molar-refractivity contribution in [3.8, 4) is 11.1 Å². The maximum Gasteiger partial charge on any atom is 0.254 e. The van der Waals surface area contributed by atoms with E-state index < -0.39 is 0 Å². The molecule has 1 aliphatic heterocycles. The second-order valence-electron chi connectivity index (χ2n) is 10.0. The summed E-state index contributed by atoms with van der Waals surface area (Å²) in [4.78, 5) is 31.4. The summed E-state index contributed by atoms with van der Waals surface area (Å²) >= 11 is 6.57. The van der Waals surface area contributed by atoms with Gasteiger partial charge in [-0.2, -0.15) is 0 Å². The number of carbonyl (C=O) groups excluding carboxylic acids is 2. The predicted molar refractivity (Wildman–Crippen MR) is 154 cm³/mol. The number of aromatic nitrogens is 1. The lowest BCUT2D eigenvalue weighted by molar-refractivity contribution is -0.114. The van der Waals surface area contributed by atoms with Crippen molar-refractivity contribution in [2.24, 2.45) is 0 Å². The van der Waals surface area contributed by atoms with Crippen molar-refractivity contribution in [3.63, 3.8) is 0 Å². The maximum atomic E-state index is 12.7. The Morgan fingerprint density at radius 3 is 2.49 bits per heavy atom. The van der Waals surface area contributed by atoms with E-state index in [4.69, 9.17) is 20.8 Å². The minimum Gasteiger partial charge on any atom is -0.459 e. The van der Waals surface area contributed by atoms with Crippen LogP contribution in [0.5, 0.6) is 0 Å². The van der Waals surface area contributed by atoms with Crippen molar-refractivity contribution in [1.82, 2.24) is 9.88 Å². The van der Waals surface area contributed by atoms with Crippen molar-refractivity contribution in [1.29, 1.82) is 0 Å². The van der Waals surface area contributed by atoms with E-state index in [1.54, 1.807) is 18.3 Å². The third-order valence-electron chi connectivity index (χ3n) is 6.87. The van der Waals surface area contributed by atoms with Crippen molar-refractivity contribution < 1.29 is 18.7 Å². The lowest BCUT2D eigenvalue weighted by atomic mass is 10.0. The number of pyridine rings is 1. The summed E-state index contributed by atoms with van der Waals surface area (Å²) in [6, 6.07) is 17.3. The van der Waals surface area contributed by atoms with Gasteiger partial charge in [-0.15, -0.1) is 0 Å². The van der Waals surface area contributed by atoms with E-state index >= 15 is 0 Å². The first-order chi connectivity index (χ1) is 18.9. The van der Waals surface area contributed by atoms with Gasteiger partial charge in [0.25, 0.3) is 5.91 Å². The molecule has 0 atom stereocenters. The van der Waals surface area contributed by atoms with Crippen LogP contribution in [0.3, 0.4) is 0 Å². The van der Waals surface area contributed by atoms with Gasteiger partial charge in [0.15, 0.2) is 11.4 Å². The number of allylic oxidation sites excluding steroid dienone is 1. The highest BCUT2D eigenvalue weighted by atomic mass is 35.5. The second-order valence-corrected chi connectivity index (χ2v) is 10.4. The van der Waals surface area contributed by atoms with Crippen LogP contribution in [0.1, 0.15) is 53.6 Å². The molecule has 7 heteroatoms. The van der Waals surface area contributed by atoms with Gasteiger partial charge in [0, 0.05) is 48.8 Å². The fourth-order valence-electron chi connectivity index (χ4n) is 4.58. The molecule has 0 unspecified atom stereocenters. The zero-order valence-corrected chi connectivity index (χ0v) is 22.9. The Balaban J connectivity index is 1.23. The molecule has 0 saturated carbocycles. The number of fused-ring (bicyclic) bond motifs is 1. The number of hydrogen-bond donors (Lipinski definition) is 0. The van der Waals surface area contributed by atoms with Gasteiger partial charge in [-0.05, 0) is 71.2 Å². The average molecular weight is 543 g/mol. The molecule has 0 aliphatic carbocycles. The molecule has 6 nitrogen and oxygen atoms in total. The summed E-state index contributed by atoms with van der Waals surface area (Å²) in [5.74, 6) is 1.11. The Hall–Kier alpha value is -3.74. The molecule has 0 N–H and O–H groups in total. The molecule has 2 aromatic heterocycles. The smallest absolute Gasteiger partial charge is 0.254 e. The summed E-state index contributed by atoms with van der Waals surface area (Å²) in [7, 11) is 0. The van der Waals surface area contributed by atoms with Gasteiger partial charge in [0.1, 0.15) is 5.76 Å². The van der Waals surface area contributed by atoms with Crippen molar-refractivity contribution in [2.45, 2.75) is 32.6 Å². The van der Waals surface area contributed by atoms with Crippen LogP contribution < -0.4 is 0 Å². The fourth-order valence-corrected chi connectivity index (χ4v) is 4.85. The van der Waals surface area contributed by atoms with E-state index in [0.717, 1.165) is 27.8 Å². The summed E-state index contributed by atoms with van der Waals surface area (Å²) < 4.78 is 11.3. The predicted octanol–water partition coefficient (Wildman–Crippen LogP) is 6.96. The molecule has 200 valence electrons. The normalized spacial score (nSPS) is 14.0. The molecular formula is C32H31ClN2O4. The SMILES string of the molecule is CC(C)c1ccc(/C=C/C(=O)CCc2cc3cc(-c4ccc(C(=O)N5CCOCC5)cc4)cc(Cl)c3o2)cn1. The van der Waals surface area contributed by atoms with Crippen LogP contribution in [0.4, 0.5) is 0 Å². The molecule has 1 saturated heterocycles. The minimum atomic E-state index is 0.0156. The number of hydrogen-bond acceptors (Lipinski definition) is 5. The minimum absolute atomic E-state index is 0.0156. The molecule has 3 heterocycles. The number of nitrogens with zero attached hydrogens (tertiary/aromatic N) is 2. The number of rotatable bonds is 8. The third-order valence-corrected chi connectivity index (χ3v) is 7.15. The Bertz CT molecular complexity index is 1500. The number of amides is 1. The van der Waals surface area contributed by atoms with Crippen molar-refractivity contribution >= 4 is 40.3 Å². The van der Waals surface area contributed by atoms with Gasteiger partial charge in [0.05, 0.1) is 18.2 Å². The first kappa shape index (κ1) is 26.9. The van der Waals surface area contributed by atoms with Crippen molar-refractivity contribution in [2.75, 3.05) is 26.3 Å². The number of morpholine rings is 1. The number of carbonyl (C=O) groups is 2. The number of benzene rings is 2. The lowest BCUT2D eigenvalue weighted by Gasteiger charge is -2.26. The molecule has 1 amide bonds. The first-order valence-corrected chi connectivity index (χ1v) is 13.6. The van der Waals surface area contributed by atoms with Crippen LogP contribution in [-0.2, 0) is 16.0 Å². The van der Waals surface area contributed by atoms with Gasteiger partial charge < -0.3 is 14.1 Å². The molecule has 4 aromatic rings. The monoisotopic (exact) mass is 542 g/mol. The quantitative estimate of drug-likeness (QED) is 0.225.